The van der Waals surface area contributed by atoms with Gasteiger partial charge < -0.3 is 14.4 Å². The van der Waals surface area contributed by atoms with Crippen molar-refractivity contribution in [2.45, 2.75) is 32.6 Å². The molecule has 1 fully saturated rings. The summed E-state index contributed by atoms with van der Waals surface area (Å²) in [5.41, 5.74) is 0.986. The Morgan fingerprint density at radius 3 is 2.45 bits per heavy atom. The number of rotatable bonds is 6. The van der Waals surface area contributed by atoms with Crippen LogP contribution in [0.15, 0.2) is 16.5 Å². The second kappa shape index (κ2) is 6.08. The smallest absolute Gasteiger partial charge is 0.340 e. The molecule has 0 spiro atoms. The second-order valence-electron chi connectivity index (χ2n) is 6.06. The third-order valence-electron chi connectivity index (χ3n) is 4.78. The average molecular weight is 303 g/mol. The number of ketones is 1. The molecular weight excluding hydrogens is 282 g/mol. The first-order valence-corrected chi connectivity index (χ1v) is 7.93. The van der Waals surface area contributed by atoms with E-state index in [0.29, 0.717) is 23.5 Å². The zero-order valence-electron chi connectivity index (χ0n) is 12.8. The highest BCUT2D eigenvalue weighted by molar-refractivity contribution is 6.15. The number of hydrogen-bond acceptors (Lipinski definition) is 4. The van der Waals surface area contributed by atoms with Gasteiger partial charge in [0, 0.05) is 6.42 Å². The summed E-state index contributed by atoms with van der Waals surface area (Å²) in [5, 5.41) is 9.26. The van der Waals surface area contributed by atoms with Crippen LogP contribution in [0, 0.1) is 5.92 Å². The average Bonchev–Trinajstić information content (AvgIpc) is 3.14. The number of aromatic carboxylic acids is 1. The van der Waals surface area contributed by atoms with Crippen LogP contribution in [-0.4, -0.2) is 41.4 Å². The third-order valence-corrected chi connectivity index (χ3v) is 4.78. The maximum absolute atomic E-state index is 12.4. The van der Waals surface area contributed by atoms with Crippen molar-refractivity contribution in [2.24, 2.45) is 5.92 Å². The number of piperidine rings is 1. The van der Waals surface area contributed by atoms with Gasteiger partial charge in [0.15, 0.2) is 5.78 Å². The van der Waals surface area contributed by atoms with Crippen LogP contribution in [-0.2, 0) is 0 Å². The van der Waals surface area contributed by atoms with Crippen molar-refractivity contribution in [3.8, 4) is 0 Å². The van der Waals surface area contributed by atoms with Gasteiger partial charge in [-0.2, -0.15) is 0 Å². The van der Waals surface area contributed by atoms with E-state index < -0.39 is 5.97 Å². The number of furan rings is 2. The highest BCUT2D eigenvalue weighted by Crippen LogP contribution is 2.31. The topological polar surface area (TPSA) is 70.8 Å². The maximum Gasteiger partial charge on any atom is 0.340 e. The van der Waals surface area contributed by atoms with Crippen LogP contribution in [0.1, 0.15) is 53.3 Å². The lowest BCUT2D eigenvalue weighted by molar-refractivity contribution is 0.0694. The zero-order chi connectivity index (χ0) is 15.7. The minimum absolute atomic E-state index is 0.0308. The van der Waals surface area contributed by atoms with Gasteiger partial charge in [-0.15, -0.1) is 0 Å². The molecule has 22 heavy (non-hydrogen) atoms. The molecule has 0 aliphatic carbocycles. The summed E-state index contributed by atoms with van der Waals surface area (Å²) in [6.45, 7) is 5.45. The zero-order valence-corrected chi connectivity index (χ0v) is 12.8. The highest BCUT2D eigenvalue weighted by Gasteiger charge is 2.27. The molecule has 0 saturated carbocycles. The number of fused-ring (bicyclic) bond motifs is 2. The molecule has 1 aliphatic heterocycles. The Balaban J connectivity index is 1.63. The van der Waals surface area contributed by atoms with Crippen LogP contribution in [0.4, 0.5) is 0 Å². The lowest BCUT2D eigenvalue weighted by Crippen LogP contribution is -2.33. The van der Waals surface area contributed by atoms with E-state index in [4.69, 9.17) is 4.42 Å². The van der Waals surface area contributed by atoms with E-state index in [2.05, 4.69) is 11.8 Å². The van der Waals surface area contributed by atoms with E-state index >= 15 is 0 Å². The fourth-order valence-corrected chi connectivity index (χ4v) is 3.39. The van der Waals surface area contributed by atoms with Gasteiger partial charge in [0.05, 0.1) is 5.56 Å². The molecule has 3 rings (SSSR count). The monoisotopic (exact) mass is 303 g/mol. The van der Waals surface area contributed by atoms with E-state index in [0.717, 1.165) is 38.9 Å². The Bertz CT molecular complexity index is 667. The molecule has 0 amide bonds. The van der Waals surface area contributed by atoms with E-state index in [9.17, 15) is 14.7 Å². The number of likely N-dealkylation sites (tertiary alicyclic amines) is 1. The van der Waals surface area contributed by atoms with Crippen LogP contribution in [0.3, 0.4) is 0 Å². The van der Waals surface area contributed by atoms with E-state index in [-0.39, 0.29) is 16.9 Å². The molecule has 0 atom stereocenters. The minimum Gasteiger partial charge on any atom is -0.478 e. The Morgan fingerprint density at radius 2 is 1.86 bits per heavy atom. The normalized spacial score (nSPS) is 17.3. The SMILES string of the molecule is CCN1CCC(CCC(=O)c2c(C(=O)O)c3ccc2o3)CC1. The molecule has 2 aromatic heterocycles. The lowest BCUT2D eigenvalue weighted by atomic mass is 9.89. The number of carbonyl (C=O) groups excluding carboxylic acids is 1. The van der Waals surface area contributed by atoms with Gasteiger partial charge in [0.25, 0.3) is 0 Å². The number of hydrogen-bond donors (Lipinski definition) is 1. The summed E-state index contributed by atoms with van der Waals surface area (Å²) in [6.07, 6.45) is 3.47. The highest BCUT2D eigenvalue weighted by atomic mass is 16.4. The van der Waals surface area contributed by atoms with Crippen molar-refractivity contribution in [1.29, 1.82) is 0 Å². The Kier molecular flexibility index (Phi) is 4.16. The van der Waals surface area contributed by atoms with Gasteiger partial charge in [-0.05, 0) is 56.9 Å². The lowest BCUT2D eigenvalue weighted by Gasteiger charge is -2.30. The van der Waals surface area contributed by atoms with Crippen LogP contribution >= 0.6 is 0 Å². The molecule has 1 N–H and O–H groups in total. The van der Waals surface area contributed by atoms with E-state index in [1.807, 2.05) is 0 Å². The Labute approximate surface area is 129 Å². The third kappa shape index (κ3) is 2.73. The number of carbonyl (C=O) groups is 2. The molecule has 3 heterocycles. The molecule has 0 unspecified atom stereocenters. The number of carboxylic acid groups (broad SMARTS) is 1. The Hall–Kier alpha value is -1.88. The van der Waals surface area contributed by atoms with Crippen molar-refractivity contribution in [3.05, 3.63) is 23.3 Å². The van der Waals surface area contributed by atoms with Gasteiger partial charge in [0.2, 0.25) is 0 Å². The summed E-state index contributed by atoms with van der Waals surface area (Å²) >= 11 is 0. The summed E-state index contributed by atoms with van der Waals surface area (Å²) in [5.74, 6) is -0.632. The molecule has 0 aromatic carbocycles. The largest absolute Gasteiger partial charge is 0.478 e. The molecule has 1 aliphatic rings. The number of benzene rings is 1. The van der Waals surface area contributed by atoms with Crippen molar-refractivity contribution < 1.29 is 19.1 Å². The van der Waals surface area contributed by atoms with Gasteiger partial charge >= 0.3 is 5.97 Å². The van der Waals surface area contributed by atoms with E-state index in [1.54, 1.807) is 12.1 Å². The van der Waals surface area contributed by atoms with Gasteiger partial charge in [-0.25, -0.2) is 4.79 Å². The quantitative estimate of drug-likeness (QED) is 0.829. The summed E-state index contributed by atoms with van der Waals surface area (Å²) in [4.78, 5) is 26.2. The van der Waals surface area contributed by atoms with Crippen LogP contribution < -0.4 is 0 Å². The predicted octanol–water partition coefficient (Wildman–Crippen LogP) is 3.26. The predicted molar refractivity (Wildman–Crippen MR) is 82.8 cm³/mol. The van der Waals surface area contributed by atoms with Crippen LogP contribution in [0.2, 0.25) is 0 Å². The van der Waals surface area contributed by atoms with Crippen LogP contribution in [0.25, 0.3) is 11.2 Å². The van der Waals surface area contributed by atoms with E-state index in [1.165, 1.54) is 0 Å². The first kappa shape index (κ1) is 15.0. The molecule has 5 heteroatoms. The summed E-state index contributed by atoms with van der Waals surface area (Å²) in [7, 11) is 0. The summed E-state index contributed by atoms with van der Waals surface area (Å²) in [6, 6.07) is 3.28. The molecule has 2 bridgehead atoms. The first-order valence-electron chi connectivity index (χ1n) is 7.93. The molecular formula is C17H21NO4. The van der Waals surface area contributed by atoms with Gasteiger partial charge in [-0.1, -0.05) is 6.92 Å². The molecule has 1 saturated heterocycles. The molecule has 0 radical (unpaired) electrons. The number of nitrogens with zero attached hydrogens (tertiary/aromatic N) is 1. The fraction of sp³-hybridized carbons (Fsp3) is 0.529. The number of carboxylic acids is 1. The first-order chi connectivity index (χ1) is 10.6. The minimum atomic E-state index is -1.09. The van der Waals surface area contributed by atoms with Crippen molar-refractivity contribution in [3.63, 3.8) is 0 Å². The standard InChI is InChI=1S/C17H21NO4/c1-2-18-9-7-11(8-10-18)3-4-12(19)15-13-5-6-14(22-13)16(15)17(20)21/h5-6,11H,2-4,7-10H2,1H3,(H,20,21). The van der Waals surface area contributed by atoms with Crippen LogP contribution in [0.5, 0.6) is 0 Å². The summed E-state index contributed by atoms with van der Waals surface area (Å²) < 4.78 is 5.34. The van der Waals surface area contributed by atoms with Crippen molar-refractivity contribution in [1.82, 2.24) is 4.90 Å². The van der Waals surface area contributed by atoms with Crippen molar-refractivity contribution >= 4 is 22.9 Å². The Morgan fingerprint density at radius 1 is 1.23 bits per heavy atom. The van der Waals surface area contributed by atoms with Gasteiger partial charge in [-0.3, -0.25) is 4.79 Å². The maximum atomic E-state index is 12.4. The van der Waals surface area contributed by atoms with Crippen molar-refractivity contribution in [2.75, 3.05) is 19.6 Å². The molecule has 2 aromatic rings. The molecule has 118 valence electrons. The van der Waals surface area contributed by atoms with Gasteiger partial charge in [0.1, 0.15) is 16.7 Å². The number of Topliss-reactive ketones (excluding diaryl/α,β-unsaturated/α-hetero) is 1. The fourth-order valence-electron chi connectivity index (χ4n) is 3.39. The molecule has 5 nitrogen and oxygen atoms in total. The second-order valence-corrected chi connectivity index (χ2v) is 6.06.